The van der Waals surface area contributed by atoms with Crippen molar-refractivity contribution in [2.75, 3.05) is 6.26 Å². The third kappa shape index (κ3) is 3.72. The van der Waals surface area contributed by atoms with Gasteiger partial charge >= 0.3 is 0 Å². The van der Waals surface area contributed by atoms with Gasteiger partial charge in [0.25, 0.3) is 0 Å². The standard InChI is InChI=1S/C15H15ClFNS/c1-19-13-5-2-10(3-6-13)15(18)9-11-8-12(17)4-7-14(11)16/h2-8,15H,9,18H2,1H3. The maximum Gasteiger partial charge on any atom is 0.123 e. The van der Waals surface area contributed by atoms with Crippen molar-refractivity contribution < 1.29 is 4.39 Å². The van der Waals surface area contributed by atoms with Crippen molar-refractivity contribution in [1.29, 1.82) is 0 Å². The molecule has 0 saturated heterocycles. The molecule has 0 fully saturated rings. The summed E-state index contributed by atoms with van der Waals surface area (Å²) in [6, 6.07) is 12.3. The second kappa shape index (κ2) is 6.42. The van der Waals surface area contributed by atoms with Crippen LogP contribution in [-0.4, -0.2) is 6.26 Å². The average molecular weight is 296 g/mol. The molecule has 0 aliphatic rings. The van der Waals surface area contributed by atoms with E-state index in [1.807, 2.05) is 30.5 Å². The number of thioether (sulfide) groups is 1. The van der Waals surface area contributed by atoms with Gasteiger partial charge in [0.2, 0.25) is 0 Å². The Hall–Kier alpha value is -1.03. The van der Waals surface area contributed by atoms with Crippen LogP contribution in [-0.2, 0) is 6.42 Å². The normalized spacial score (nSPS) is 12.4. The van der Waals surface area contributed by atoms with Crippen LogP contribution in [0.4, 0.5) is 4.39 Å². The third-order valence-corrected chi connectivity index (χ3v) is 4.10. The van der Waals surface area contributed by atoms with Gasteiger partial charge in [-0.25, -0.2) is 4.39 Å². The molecule has 2 aromatic carbocycles. The van der Waals surface area contributed by atoms with Crippen LogP contribution in [0.5, 0.6) is 0 Å². The van der Waals surface area contributed by atoms with E-state index in [1.165, 1.54) is 17.0 Å². The van der Waals surface area contributed by atoms with E-state index in [2.05, 4.69) is 0 Å². The summed E-state index contributed by atoms with van der Waals surface area (Å²) in [7, 11) is 0. The molecule has 1 unspecified atom stereocenters. The Morgan fingerprint density at radius 1 is 1.21 bits per heavy atom. The molecule has 1 atom stereocenters. The Morgan fingerprint density at radius 2 is 1.89 bits per heavy atom. The molecule has 19 heavy (non-hydrogen) atoms. The van der Waals surface area contributed by atoms with Gasteiger partial charge in [-0.2, -0.15) is 0 Å². The van der Waals surface area contributed by atoms with E-state index >= 15 is 0 Å². The average Bonchev–Trinajstić information content (AvgIpc) is 2.43. The van der Waals surface area contributed by atoms with Crippen LogP contribution in [0.3, 0.4) is 0 Å². The Kier molecular flexibility index (Phi) is 4.86. The molecule has 0 heterocycles. The van der Waals surface area contributed by atoms with E-state index in [4.69, 9.17) is 17.3 Å². The number of halogens is 2. The van der Waals surface area contributed by atoms with Crippen LogP contribution >= 0.6 is 23.4 Å². The zero-order valence-corrected chi connectivity index (χ0v) is 12.1. The molecule has 4 heteroatoms. The highest BCUT2D eigenvalue weighted by molar-refractivity contribution is 7.98. The predicted octanol–water partition coefficient (Wildman–Crippen LogP) is 4.44. The van der Waals surface area contributed by atoms with Crippen LogP contribution in [0.2, 0.25) is 5.02 Å². The number of benzene rings is 2. The SMILES string of the molecule is CSc1ccc(C(N)Cc2cc(F)ccc2Cl)cc1. The van der Waals surface area contributed by atoms with Gasteiger partial charge in [-0.05, 0) is 54.1 Å². The molecular weight excluding hydrogens is 281 g/mol. The van der Waals surface area contributed by atoms with Crippen molar-refractivity contribution in [2.24, 2.45) is 5.73 Å². The minimum Gasteiger partial charge on any atom is -0.324 e. The van der Waals surface area contributed by atoms with Crippen molar-refractivity contribution in [2.45, 2.75) is 17.4 Å². The molecule has 0 amide bonds. The molecule has 2 N–H and O–H groups in total. The summed E-state index contributed by atoms with van der Waals surface area (Å²) < 4.78 is 13.2. The Bertz CT molecular complexity index is 557. The van der Waals surface area contributed by atoms with Gasteiger partial charge in [0.1, 0.15) is 5.82 Å². The second-order valence-electron chi connectivity index (χ2n) is 4.32. The highest BCUT2D eigenvalue weighted by Gasteiger charge is 2.10. The molecular formula is C15H15ClFNS. The fourth-order valence-electron chi connectivity index (χ4n) is 1.91. The van der Waals surface area contributed by atoms with Crippen molar-refractivity contribution in [3.05, 3.63) is 64.4 Å². The molecule has 2 aromatic rings. The van der Waals surface area contributed by atoms with Gasteiger partial charge in [-0.15, -0.1) is 11.8 Å². The number of rotatable bonds is 4. The minimum atomic E-state index is -0.288. The first-order valence-electron chi connectivity index (χ1n) is 5.93. The Morgan fingerprint density at radius 3 is 2.53 bits per heavy atom. The van der Waals surface area contributed by atoms with Crippen LogP contribution in [0, 0.1) is 5.82 Å². The summed E-state index contributed by atoms with van der Waals surface area (Å²) in [5.41, 5.74) is 7.91. The largest absolute Gasteiger partial charge is 0.324 e. The van der Waals surface area contributed by atoms with E-state index in [-0.39, 0.29) is 11.9 Å². The zero-order valence-electron chi connectivity index (χ0n) is 10.6. The first-order chi connectivity index (χ1) is 9.10. The summed E-state index contributed by atoms with van der Waals surface area (Å²) >= 11 is 7.74. The first-order valence-corrected chi connectivity index (χ1v) is 7.54. The first kappa shape index (κ1) is 14.4. The fourth-order valence-corrected chi connectivity index (χ4v) is 2.51. The Labute approximate surface area is 122 Å². The van der Waals surface area contributed by atoms with Crippen LogP contribution < -0.4 is 5.73 Å². The highest BCUT2D eigenvalue weighted by atomic mass is 35.5. The van der Waals surface area contributed by atoms with E-state index in [0.717, 1.165) is 11.1 Å². The van der Waals surface area contributed by atoms with Crippen molar-refractivity contribution in [3.8, 4) is 0 Å². The molecule has 0 bridgehead atoms. The zero-order chi connectivity index (χ0) is 13.8. The molecule has 0 radical (unpaired) electrons. The van der Waals surface area contributed by atoms with Gasteiger partial charge in [-0.1, -0.05) is 23.7 Å². The monoisotopic (exact) mass is 295 g/mol. The molecule has 1 nitrogen and oxygen atoms in total. The van der Waals surface area contributed by atoms with Crippen molar-refractivity contribution >= 4 is 23.4 Å². The number of hydrogen-bond donors (Lipinski definition) is 1. The maximum absolute atomic E-state index is 13.2. The van der Waals surface area contributed by atoms with E-state index < -0.39 is 0 Å². The summed E-state index contributed by atoms with van der Waals surface area (Å²) in [6.07, 6.45) is 2.55. The lowest BCUT2D eigenvalue weighted by atomic mass is 10.00. The summed E-state index contributed by atoms with van der Waals surface area (Å²) in [4.78, 5) is 1.19. The maximum atomic E-state index is 13.2. The van der Waals surface area contributed by atoms with E-state index in [0.29, 0.717) is 11.4 Å². The molecule has 2 rings (SSSR count). The summed E-state index contributed by atoms with van der Waals surface area (Å²) in [5.74, 6) is -0.288. The molecule has 100 valence electrons. The predicted molar refractivity (Wildman–Crippen MR) is 80.3 cm³/mol. The van der Waals surface area contributed by atoms with Crippen molar-refractivity contribution in [3.63, 3.8) is 0 Å². The fraction of sp³-hybridized carbons (Fsp3) is 0.200. The van der Waals surface area contributed by atoms with Gasteiger partial charge in [0, 0.05) is 16.0 Å². The van der Waals surface area contributed by atoms with Gasteiger partial charge in [0.15, 0.2) is 0 Å². The lowest BCUT2D eigenvalue weighted by Crippen LogP contribution is -2.13. The third-order valence-electron chi connectivity index (χ3n) is 2.99. The number of nitrogens with two attached hydrogens (primary N) is 1. The summed E-state index contributed by atoms with van der Waals surface area (Å²) in [6.45, 7) is 0. The second-order valence-corrected chi connectivity index (χ2v) is 5.61. The van der Waals surface area contributed by atoms with Crippen LogP contribution in [0.1, 0.15) is 17.2 Å². The summed E-state index contributed by atoms with van der Waals surface area (Å²) in [5, 5.41) is 0.553. The van der Waals surface area contributed by atoms with E-state index in [9.17, 15) is 4.39 Å². The van der Waals surface area contributed by atoms with Crippen LogP contribution in [0.15, 0.2) is 47.4 Å². The Balaban J connectivity index is 2.15. The quantitative estimate of drug-likeness (QED) is 0.844. The molecule has 0 aliphatic carbocycles. The molecule has 0 saturated carbocycles. The van der Waals surface area contributed by atoms with Crippen molar-refractivity contribution in [1.82, 2.24) is 0 Å². The lowest BCUT2D eigenvalue weighted by Gasteiger charge is -2.13. The molecule has 0 aliphatic heterocycles. The highest BCUT2D eigenvalue weighted by Crippen LogP contribution is 2.24. The number of hydrogen-bond acceptors (Lipinski definition) is 2. The van der Waals surface area contributed by atoms with Gasteiger partial charge in [0.05, 0.1) is 0 Å². The molecule has 0 spiro atoms. The topological polar surface area (TPSA) is 26.0 Å². The minimum absolute atomic E-state index is 0.185. The lowest BCUT2D eigenvalue weighted by molar-refractivity contribution is 0.622. The van der Waals surface area contributed by atoms with E-state index in [1.54, 1.807) is 17.8 Å². The molecule has 0 aromatic heterocycles. The van der Waals surface area contributed by atoms with Crippen LogP contribution in [0.25, 0.3) is 0 Å². The van der Waals surface area contributed by atoms with Gasteiger partial charge in [-0.3, -0.25) is 0 Å². The smallest absolute Gasteiger partial charge is 0.123 e. The van der Waals surface area contributed by atoms with Gasteiger partial charge < -0.3 is 5.73 Å².